The third kappa shape index (κ3) is 5.34. The SMILES string of the molecule is CC1COC(c2nc(-c3ccc(Cl)cc3)c(-c3ccc(Cl)cc3)nc2C(=O)OC(C)(C)C)=N1. The Morgan fingerprint density at radius 3 is 1.88 bits per heavy atom. The summed E-state index contributed by atoms with van der Waals surface area (Å²) in [6, 6.07) is 14.4. The van der Waals surface area contributed by atoms with Gasteiger partial charge in [0.1, 0.15) is 12.2 Å². The van der Waals surface area contributed by atoms with Gasteiger partial charge in [-0.1, -0.05) is 47.5 Å². The summed E-state index contributed by atoms with van der Waals surface area (Å²) in [5.74, 6) is -0.331. The summed E-state index contributed by atoms with van der Waals surface area (Å²) in [5, 5.41) is 1.19. The monoisotopic (exact) mass is 483 g/mol. The molecule has 6 nitrogen and oxygen atoms in total. The van der Waals surface area contributed by atoms with Crippen molar-refractivity contribution in [3.8, 4) is 22.5 Å². The average Bonchev–Trinajstić information content (AvgIpc) is 3.19. The molecule has 0 aliphatic carbocycles. The lowest BCUT2D eigenvalue weighted by molar-refractivity contribution is 0.00618. The van der Waals surface area contributed by atoms with Crippen LogP contribution in [0, 0.1) is 0 Å². The highest BCUT2D eigenvalue weighted by atomic mass is 35.5. The zero-order valence-corrected chi connectivity index (χ0v) is 20.2. The van der Waals surface area contributed by atoms with Gasteiger partial charge in [-0.3, -0.25) is 0 Å². The summed E-state index contributed by atoms with van der Waals surface area (Å²) in [6.07, 6.45) is 0. The molecule has 170 valence electrons. The first-order chi connectivity index (χ1) is 15.6. The molecule has 0 bridgehead atoms. The van der Waals surface area contributed by atoms with Crippen molar-refractivity contribution in [2.24, 2.45) is 4.99 Å². The largest absolute Gasteiger partial charge is 0.474 e. The Morgan fingerprint density at radius 2 is 1.42 bits per heavy atom. The summed E-state index contributed by atoms with van der Waals surface area (Å²) in [4.78, 5) is 27.3. The van der Waals surface area contributed by atoms with Crippen LogP contribution in [0.25, 0.3) is 22.5 Å². The van der Waals surface area contributed by atoms with Gasteiger partial charge >= 0.3 is 5.97 Å². The van der Waals surface area contributed by atoms with Crippen molar-refractivity contribution in [2.75, 3.05) is 6.61 Å². The molecule has 0 N–H and O–H groups in total. The van der Waals surface area contributed by atoms with Crippen LogP contribution in [0.3, 0.4) is 0 Å². The van der Waals surface area contributed by atoms with Crippen LogP contribution in [0.15, 0.2) is 53.5 Å². The summed E-state index contributed by atoms with van der Waals surface area (Å²) >= 11 is 12.2. The van der Waals surface area contributed by atoms with E-state index in [1.165, 1.54) is 0 Å². The molecule has 1 atom stereocenters. The number of aromatic nitrogens is 2. The van der Waals surface area contributed by atoms with Gasteiger partial charge in [-0.05, 0) is 52.0 Å². The first-order valence-electron chi connectivity index (χ1n) is 10.5. The van der Waals surface area contributed by atoms with Crippen LogP contribution in [0.5, 0.6) is 0 Å². The summed E-state index contributed by atoms with van der Waals surface area (Å²) in [5.41, 5.74) is 2.16. The van der Waals surface area contributed by atoms with E-state index in [0.29, 0.717) is 28.0 Å². The zero-order valence-electron chi connectivity index (χ0n) is 18.7. The fourth-order valence-corrected chi connectivity index (χ4v) is 3.53. The Balaban J connectivity index is 1.98. The van der Waals surface area contributed by atoms with Crippen LogP contribution in [0.1, 0.15) is 43.9 Å². The van der Waals surface area contributed by atoms with Gasteiger partial charge in [0.05, 0.1) is 17.4 Å². The van der Waals surface area contributed by atoms with E-state index in [2.05, 4.69) is 4.99 Å². The number of ether oxygens (including phenoxy) is 2. The van der Waals surface area contributed by atoms with E-state index >= 15 is 0 Å². The van der Waals surface area contributed by atoms with Crippen LogP contribution < -0.4 is 0 Å². The van der Waals surface area contributed by atoms with Crippen molar-refractivity contribution < 1.29 is 14.3 Å². The van der Waals surface area contributed by atoms with Crippen LogP contribution in [0.2, 0.25) is 10.0 Å². The van der Waals surface area contributed by atoms with E-state index in [1.807, 2.05) is 31.2 Å². The first-order valence-corrected chi connectivity index (χ1v) is 11.2. The number of carbonyl (C=O) groups is 1. The van der Waals surface area contributed by atoms with Crippen molar-refractivity contribution in [2.45, 2.75) is 39.3 Å². The predicted octanol–water partition coefficient (Wildman–Crippen LogP) is 6.24. The molecule has 0 amide bonds. The number of benzene rings is 2. The highest BCUT2D eigenvalue weighted by Gasteiger charge is 2.30. The molecule has 4 rings (SSSR count). The lowest BCUT2D eigenvalue weighted by Crippen LogP contribution is -2.27. The number of rotatable bonds is 4. The van der Waals surface area contributed by atoms with Gasteiger partial charge in [0.25, 0.3) is 0 Å². The summed E-state index contributed by atoms with van der Waals surface area (Å²) in [6.45, 7) is 7.72. The minimum Gasteiger partial charge on any atom is -0.474 e. The fraction of sp³-hybridized carbons (Fsp3) is 0.280. The number of hydrogen-bond donors (Lipinski definition) is 0. The standard InChI is InChI=1S/C25H23Cl2N3O3/c1-14-13-32-23(28-14)21-22(24(31)33-25(2,3)4)30-20(16-7-11-18(27)12-8-16)19(29-21)15-5-9-17(26)10-6-15/h5-12,14H,13H2,1-4H3. The molecule has 0 saturated carbocycles. The molecule has 1 aliphatic rings. The highest BCUT2D eigenvalue weighted by Crippen LogP contribution is 2.32. The van der Waals surface area contributed by atoms with Gasteiger partial charge in [0.2, 0.25) is 5.90 Å². The number of esters is 1. The molecule has 3 aromatic rings. The van der Waals surface area contributed by atoms with Crippen molar-refractivity contribution in [1.82, 2.24) is 9.97 Å². The van der Waals surface area contributed by atoms with Gasteiger partial charge in [-0.15, -0.1) is 0 Å². The van der Waals surface area contributed by atoms with Crippen LogP contribution in [-0.4, -0.2) is 40.1 Å². The average molecular weight is 484 g/mol. The van der Waals surface area contributed by atoms with E-state index < -0.39 is 11.6 Å². The Bertz CT molecular complexity index is 1220. The van der Waals surface area contributed by atoms with Gasteiger partial charge < -0.3 is 9.47 Å². The molecule has 2 aromatic carbocycles. The van der Waals surface area contributed by atoms with Gasteiger partial charge in [-0.2, -0.15) is 0 Å². The topological polar surface area (TPSA) is 73.7 Å². The number of aliphatic imine (C=N–C) groups is 1. The Kier molecular flexibility index (Phi) is 6.41. The molecule has 33 heavy (non-hydrogen) atoms. The second-order valence-corrected chi connectivity index (χ2v) is 9.60. The third-order valence-electron chi connectivity index (χ3n) is 4.72. The van der Waals surface area contributed by atoms with Gasteiger partial charge in [-0.25, -0.2) is 19.8 Å². The molecule has 1 unspecified atom stereocenters. The molecule has 0 radical (unpaired) electrons. The molecule has 0 fully saturated rings. The van der Waals surface area contributed by atoms with E-state index in [1.54, 1.807) is 45.0 Å². The van der Waals surface area contributed by atoms with Crippen molar-refractivity contribution in [1.29, 1.82) is 0 Å². The minimum atomic E-state index is -0.711. The lowest BCUT2D eigenvalue weighted by Gasteiger charge is -2.21. The van der Waals surface area contributed by atoms with E-state index in [-0.39, 0.29) is 23.3 Å². The Labute approximate surface area is 202 Å². The summed E-state index contributed by atoms with van der Waals surface area (Å²) in [7, 11) is 0. The van der Waals surface area contributed by atoms with Crippen molar-refractivity contribution in [3.63, 3.8) is 0 Å². The molecular weight excluding hydrogens is 461 g/mol. The Hall–Kier alpha value is -2.96. The number of carbonyl (C=O) groups excluding carboxylic acids is 1. The maximum Gasteiger partial charge on any atom is 0.359 e. The quantitative estimate of drug-likeness (QED) is 0.410. The number of hydrogen-bond acceptors (Lipinski definition) is 6. The Morgan fingerprint density at radius 1 is 0.909 bits per heavy atom. The second kappa shape index (κ2) is 9.12. The second-order valence-electron chi connectivity index (χ2n) is 8.73. The molecule has 0 saturated heterocycles. The summed E-state index contributed by atoms with van der Waals surface area (Å²) < 4.78 is 11.4. The van der Waals surface area contributed by atoms with Crippen molar-refractivity contribution in [3.05, 3.63) is 70.0 Å². The molecule has 1 aromatic heterocycles. The molecule has 2 heterocycles. The zero-order chi connectivity index (χ0) is 23.8. The first kappa shape index (κ1) is 23.2. The maximum atomic E-state index is 13.2. The lowest BCUT2D eigenvalue weighted by atomic mass is 10.0. The molecule has 0 spiro atoms. The van der Waals surface area contributed by atoms with E-state index in [9.17, 15) is 4.79 Å². The van der Waals surface area contributed by atoms with Crippen molar-refractivity contribution >= 4 is 35.1 Å². The molecule has 1 aliphatic heterocycles. The number of halogens is 2. The maximum absolute atomic E-state index is 13.2. The van der Waals surface area contributed by atoms with Crippen LogP contribution >= 0.6 is 23.2 Å². The van der Waals surface area contributed by atoms with E-state index in [4.69, 9.17) is 42.6 Å². The third-order valence-corrected chi connectivity index (χ3v) is 5.23. The molecular formula is C25H23Cl2N3O3. The van der Waals surface area contributed by atoms with Gasteiger partial charge in [0, 0.05) is 21.2 Å². The predicted molar refractivity (Wildman–Crippen MR) is 130 cm³/mol. The van der Waals surface area contributed by atoms with E-state index in [0.717, 1.165) is 11.1 Å². The molecule has 8 heteroatoms. The van der Waals surface area contributed by atoms with Crippen LogP contribution in [0.4, 0.5) is 0 Å². The minimum absolute atomic E-state index is 0.0421. The fourth-order valence-electron chi connectivity index (χ4n) is 3.28. The van der Waals surface area contributed by atoms with Gasteiger partial charge in [0.15, 0.2) is 11.4 Å². The normalized spacial score (nSPS) is 15.7. The highest BCUT2D eigenvalue weighted by molar-refractivity contribution is 6.31. The number of nitrogens with zero attached hydrogens (tertiary/aromatic N) is 3. The smallest absolute Gasteiger partial charge is 0.359 e. The van der Waals surface area contributed by atoms with Crippen LogP contribution in [-0.2, 0) is 9.47 Å².